The number of aryl methyl sites for hydroxylation is 1. The monoisotopic (exact) mass is 570 g/mol. The fourth-order valence-electron chi connectivity index (χ4n) is 6.85. The minimum absolute atomic E-state index is 0.0515. The fraction of sp³-hybridized carbons (Fsp3) is 0.571. The number of hydrogen-bond acceptors (Lipinski definition) is 7. The summed E-state index contributed by atoms with van der Waals surface area (Å²) in [7, 11) is 3.88. The number of nitrogens with zero attached hydrogens (tertiary/aromatic N) is 6. The van der Waals surface area contributed by atoms with Gasteiger partial charge in [0.25, 0.3) is 6.43 Å². The summed E-state index contributed by atoms with van der Waals surface area (Å²) in [5.41, 5.74) is 7.61. The summed E-state index contributed by atoms with van der Waals surface area (Å²) in [5.74, 6) is -0.259. The number of nitrogens with one attached hydrogen (secondary N) is 1. The summed E-state index contributed by atoms with van der Waals surface area (Å²) in [6, 6.07) is 5.64. The summed E-state index contributed by atoms with van der Waals surface area (Å²) in [6.45, 7) is 2.61. The molecule has 2 saturated heterocycles. The number of amides is 2. The highest BCUT2D eigenvalue weighted by Gasteiger charge is 2.35. The Morgan fingerprint density at radius 3 is 2.54 bits per heavy atom. The number of alkyl halides is 2. The van der Waals surface area contributed by atoms with E-state index in [0.717, 1.165) is 56.5 Å². The van der Waals surface area contributed by atoms with Crippen molar-refractivity contribution >= 4 is 34.2 Å². The van der Waals surface area contributed by atoms with Crippen molar-refractivity contribution in [1.29, 1.82) is 0 Å². The number of halogens is 2. The maximum Gasteiger partial charge on any atom is 0.329 e. The van der Waals surface area contributed by atoms with Gasteiger partial charge in [-0.15, -0.1) is 0 Å². The van der Waals surface area contributed by atoms with Gasteiger partial charge in [-0.2, -0.15) is 5.10 Å². The highest BCUT2D eigenvalue weighted by atomic mass is 19.3. The first-order valence-corrected chi connectivity index (χ1v) is 14.2. The molecule has 3 aromatic rings. The molecular weight excluding hydrogens is 534 g/mol. The molecule has 2 aromatic heterocycles. The average molecular weight is 571 g/mol. The average Bonchev–Trinajstić information content (AvgIpc) is 3.43. The number of carbonyl (C=O) groups is 2. The smallest absolute Gasteiger partial charge is 0.329 e. The van der Waals surface area contributed by atoms with Crippen molar-refractivity contribution in [1.82, 2.24) is 29.1 Å². The maximum absolute atomic E-state index is 13.3. The van der Waals surface area contributed by atoms with Gasteiger partial charge in [-0.05, 0) is 57.2 Å². The van der Waals surface area contributed by atoms with Crippen LogP contribution >= 0.6 is 0 Å². The van der Waals surface area contributed by atoms with E-state index in [9.17, 15) is 23.2 Å². The molecule has 0 radical (unpaired) electrons. The molecule has 0 bridgehead atoms. The van der Waals surface area contributed by atoms with Gasteiger partial charge in [-0.3, -0.25) is 28.7 Å². The molecule has 4 heterocycles. The summed E-state index contributed by atoms with van der Waals surface area (Å²) in [6.07, 6.45) is 3.11. The predicted octanol–water partition coefficient (Wildman–Crippen LogP) is 2.59. The molecule has 1 atom stereocenters. The topological polar surface area (TPSA) is 123 Å². The molecule has 1 saturated carbocycles. The van der Waals surface area contributed by atoms with E-state index in [-0.39, 0.29) is 35.4 Å². The van der Waals surface area contributed by atoms with E-state index in [2.05, 4.69) is 27.3 Å². The zero-order valence-electron chi connectivity index (χ0n) is 23.3. The van der Waals surface area contributed by atoms with Crippen LogP contribution in [0.25, 0.3) is 11.0 Å². The lowest BCUT2D eigenvalue weighted by atomic mass is 9.79. The van der Waals surface area contributed by atoms with Crippen LogP contribution in [0.1, 0.15) is 62.7 Å². The van der Waals surface area contributed by atoms with Crippen LogP contribution in [0.5, 0.6) is 0 Å². The predicted molar refractivity (Wildman–Crippen MR) is 150 cm³/mol. The summed E-state index contributed by atoms with van der Waals surface area (Å²) < 4.78 is 30.8. The molecule has 1 unspecified atom stereocenters. The highest BCUT2D eigenvalue weighted by molar-refractivity contribution is 6.00. The molecule has 13 heteroatoms. The molecule has 2 aliphatic heterocycles. The molecular formula is C28H36F2N8O3. The van der Waals surface area contributed by atoms with E-state index in [1.165, 1.54) is 10.8 Å². The quantitative estimate of drug-likeness (QED) is 0.419. The Labute approximate surface area is 235 Å². The van der Waals surface area contributed by atoms with Gasteiger partial charge >= 0.3 is 5.69 Å². The van der Waals surface area contributed by atoms with Crippen LogP contribution in [0.15, 0.2) is 29.2 Å². The molecule has 6 rings (SSSR count). The molecule has 1 aliphatic carbocycles. The van der Waals surface area contributed by atoms with Crippen molar-refractivity contribution in [2.24, 2.45) is 13.0 Å². The molecule has 1 aromatic carbocycles. The van der Waals surface area contributed by atoms with Crippen LogP contribution in [-0.4, -0.2) is 68.4 Å². The number of anilines is 2. The number of imide groups is 1. The second-order valence-corrected chi connectivity index (χ2v) is 11.7. The van der Waals surface area contributed by atoms with Gasteiger partial charge in [0, 0.05) is 45.3 Å². The van der Waals surface area contributed by atoms with Gasteiger partial charge in [0.05, 0.1) is 28.5 Å². The van der Waals surface area contributed by atoms with E-state index < -0.39 is 18.4 Å². The van der Waals surface area contributed by atoms with Crippen molar-refractivity contribution in [3.63, 3.8) is 0 Å². The molecule has 3 fully saturated rings. The standard InChI is InChI=1S/C28H36F2N8O3/c1-34(14-16-12-18(13-16)37-15-19(31)24(33-37)26(29)30)17-8-10-36(11-9-17)20-4-3-5-21-25(20)35(2)28(41)38(21)22-6-7-23(39)32-27(22)40/h3-5,15-18,22,26H,6-14,31H2,1-2H3,(H,32,39,40)/t16-,18-,22?. The van der Waals surface area contributed by atoms with Crippen LogP contribution in [0.4, 0.5) is 20.2 Å². The number of rotatable bonds is 7. The minimum atomic E-state index is -2.66. The number of hydrogen-bond donors (Lipinski definition) is 2. The fourth-order valence-corrected chi connectivity index (χ4v) is 6.85. The van der Waals surface area contributed by atoms with Gasteiger partial charge < -0.3 is 15.5 Å². The highest BCUT2D eigenvalue weighted by Crippen LogP contribution is 2.40. The second kappa shape index (κ2) is 10.6. The Kier molecular flexibility index (Phi) is 7.08. The maximum atomic E-state index is 13.3. The zero-order chi connectivity index (χ0) is 29.0. The SMILES string of the molecule is CN(C[C@H]1C[C@H](n2cc(N)c(C(F)F)n2)C1)C1CCN(c2cccc3c2n(C)c(=O)n3C2CCC(=O)NC2=O)CC1. The van der Waals surface area contributed by atoms with Gasteiger partial charge in [-0.25, -0.2) is 13.6 Å². The summed E-state index contributed by atoms with van der Waals surface area (Å²) in [5, 5.41) is 6.37. The number of fused-ring (bicyclic) bond motifs is 1. The Balaban J connectivity index is 1.09. The number of nitrogens with two attached hydrogens (primary N) is 1. The third-order valence-electron chi connectivity index (χ3n) is 9.16. The van der Waals surface area contributed by atoms with Gasteiger partial charge in [0.2, 0.25) is 11.8 Å². The molecule has 220 valence electrons. The Hall–Kier alpha value is -3.74. The van der Waals surface area contributed by atoms with Gasteiger partial charge in [-0.1, -0.05) is 6.07 Å². The van der Waals surface area contributed by atoms with Crippen molar-refractivity contribution in [3.05, 3.63) is 40.6 Å². The van der Waals surface area contributed by atoms with E-state index in [4.69, 9.17) is 5.73 Å². The molecule has 3 aliphatic rings. The van der Waals surface area contributed by atoms with Crippen LogP contribution < -0.4 is 21.6 Å². The third-order valence-corrected chi connectivity index (χ3v) is 9.16. The number of para-hydroxylation sites is 1. The third kappa shape index (κ3) is 4.89. The lowest BCUT2D eigenvalue weighted by Gasteiger charge is -2.42. The van der Waals surface area contributed by atoms with Crippen LogP contribution in [0.3, 0.4) is 0 Å². The van der Waals surface area contributed by atoms with E-state index in [0.29, 0.717) is 23.9 Å². The van der Waals surface area contributed by atoms with Crippen LogP contribution in [0, 0.1) is 5.92 Å². The van der Waals surface area contributed by atoms with E-state index >= 15 is 0 Å². The first-order valence-electron chi connectivity index (χ1n) is 14.2. The Bertz CT molecular complexity index is 1530. The molecule has 3 N–H and O–H groups in total. The van der Waals surface area contributed by atoms with Gasteiger partial charge in [0.1, 0.15) is 6.04 Å². The first kappa shape index (κ1) is 27.4. The van der Waals surface area contributed by atoms with Crippen molar-refractivity contribution in [2.75, 3.05) is 37.3 Å². The minimum Gasteiger partial charge on any atom is -0.396 e. The van der Waals surface area contributed by atoms with Crippen molar-refractivity contribution in [3.8, 4) is 0 Å². The number of nitrogen functional groups attached to an aromatic ring is 1. The lowest BCUT2D eigenvalue weighted by molar-refractivity contribution is -0.135. The number of piperidine rings is 2. The number of imidazole rings is 1. The summed E-state index contributed by atoms with van der Waals surface area (Å²) >= 11 is 0. The van der Waals surface area contributed by atoms with Crippen molar-refractivity contribution < 1.29 is 18.4 Å². The zero-order valence-corrected chi connectivity index (χ0v) is 23.3. The molecule has 0 spiro atoms. The van der Waals surface area contributed by atoms with E-state index in [1.54, 1.807) is 16.3 Å². The van der Waals surface area contributed by atoms with E-state index in [1.807, 2.05) is 18.2 Å². The lowest BCUT2D eigenvalue weighted by Crippen LogP contribution is -2.46. The molecule has 2 amide bonds. The van der Waals surface area contributed by atoms with Gasteiger partial charge in [0.15, 0.2) is 5.69 Å². The van der Waals surface area contributed by atoms with Crippen molar-refractivity contribution in [2.45, 2.75) is 63.1 Å². The largest absolute Gasteiger partial charge is 0.396 e. The normalized spacial score (nSPS) is 24.0. The Morgan fingerprint density at radius 1 is 1.15 bits per heavy atom. The molecule has 41 heavy (non-hydrogen) atoms. The first-order chi connectivity index (χ1) is 19.6. The number of aromatic nitrogens is 4. The number of benzene rings is 1. The van der Waals surface area contributed by atoms with Crippen LogP contribution in [0.2, 0.25) is 0 Å². The summed E-state index contributed by atoms with van der Waals surface area (Å²) in [4.78, 5) is 42.2. The second-order valence-electron chi connectivity index (χ2n) is 11.7. The number of carbonyl (C=O) groups excluding carboxylic acids is 2. The van der Waals surface area contributed by atoms with Crippen LogP contribution in [-0.2, 0) is 16.6 Å². The Morgan fingerprint density at radius 2 is 1.88 bits per heavy atom. The molecule has 11 nitrogen and oxygen atoms in total.